The molecule has 1 aliphatic heterocycles. The van der Waals surface area contributed by atoms with Gasteiger partial charge in [-0.1, -0.05) is 26.8 Å². The zero-order valence-corrected chi connectivity index (χ0v) is 19.8. The molecular weight excluding hydrogens is 412 g/mol. The molecule has 0 radical (unpaired) electrons. The SMILES string of the molecule is CCC(C)N(CC(=O)N(Cc1ccc2c(c1)OCO2)Cc1sccc1C)C(=O)C(C)C. The van der Waals surface area contributed by atoms with Crippen molar-refractivity contribution in [2.45, 2.75) is 60.2 Å². The summed E-state index contributed by atoms with van der Waals surface area (Å²) in [7, 11) is 0. The number of hydrogen-bond acceptors (Lipinski definition) is 5. The molecule has 168 valence electrons. The number of rotatable bonds is 9. The van der Waals surface area contributed by atoms with Crippen molar-refractivity contribution in [3.8, 4) is 11.5 Å². The molecule has 31 heavy (non-hydrogen) atoms. The summed E-state index contributed by atoms with van der Waals surface area (Å²) >= 11 is 1.65. The van der Waals surface area contributed by atoms with Crippen LogP contribution in [0.5, 0.6) is 11.5 Å². The average Bonchev–Trinajstić information content (AvgIpc) is 3.38. The largest absolute Gasteiger partial charge is 0.454 e. The first kappa shape index (κ1) is 23.1. The highest BCUT2D eigenvalue weighted by molar-refractivity contribution is 7.10. The molecule has 1 aromatic carbocycles. The van der Waals surface area contributed by atoms with Crippen LogP contribution in [0.25, 0.3) is 0 Å². The Bertz CT molecular complexity index is 924. The highest BCUT2D eigenvalue weighted by atomic mass is 32.1. The van der Waals surface area contributed by atoms with Crippen molar-refractivity contribution in [2.24, 2.45) is 5.92 Å². The third kappa shape index (κ3) is 5.58. The van der Waals surface area contributed by atoms with Gasteiger partial charge in [-0.3, -0.25) is 9.59 Å². The number of ether oxygens (including phenoxy) is 2. The number of hydrogen-bond donors (Lipinski definition) is 0. The van der Waals surface area contributed by atoms with Crippen LogP contribution in [0.1, 0.15) is 50.1 Å². The molecular formula is C24H32N2O4S. The Labute approximate surface area is 188 Å². The number of thiophene rings is 1. The van der Waals surface area contributed by atoms with Gasteiger partial charge in [0.2, 0.25) is 18.6 Å². The summed E-state index contributed by atoms with van der Waals surface area (Å²) in [5, 5.41) is 2.04. The number of amides is 2. The second kappa shape index (κ2) is 10.2. The zero-order valence-electron chi connectivity index (χ0n) is 19.0. The first-order chi connectivity index (χ1) is 14.8. The lowest BCUT2D eigenvalue weighted by Gasteiger charge is -2.32. The summed E-state index contributed by atoms with van der Waals surface area (Å²) in [5.74, 6) is 1.23. The fourth-order valence-electron chi connectivity index (χ4n) is 3.48. The molecule has 0 saturated carbocycles. The summed E-state index contributed by atoms with van der Waals surface area (Å²) in [4.78, 5) is 31.0. The first-order valence-corrected chi connectivity index (χ1v) is 11.7. The quantitative estimate of drug-likeness (QED) is 0.567. The summed E-state index contributed by atoms with van der Waals surface area (Å²) in [6, 6.07) is 7.84. The van der Waals surface area contributed by atoms with Crippen molar-refractivity contribution >= 4 is 23.2 Å². The van der Waals surface area contributed by atoms with Crippen LogP contribution in [0.15, 0.2) is 29.6 Å². The first-order valence-electron chi connectivity index (χ1n) is 10.8. The predicted molar refractivity (Wildman–Crippen MR) is 122 cm³/mol. The fourth-order valence-corrected chi connectivity index (χ4v) is 4.40. The van der Waals surface area contributed by atoms with E-state index in [4.69, 9.17) is 9.47 Å². The van der Waals surface area contributed by atoms with Gasteiger partial charge in [-0.2, -0.15) is 0 Å². The topological polar surface area (TPSA) is 59.1 Å². The third-order valence-corrected chi connectivity index (χ3v) is 6.68. The number of aryl methyl sites for hydroxylation is 1. The monoisotopic (exact) mass is 444 g/mol. The molecule has 1 aliphatic rings. The van der Waals surface area contributed by atoms with Crippen LogP contribution >= 0.6 is 11.3 Å². The molecule has 7 heteroatoms. The Morgan fingerprint density at radius 1 is 1.10 bits per heavy atom. The maximum Gasteiger partial charge on any atom is 0.242 e. The van der Waals surface area contributed by atoms with Gasteiger partial charge >= 0.3 is 0 Å². The predicted octanol–water partition coefficient (Wildman–Crippen LogP) is 4.60. The third-order valence-electron chi connectivity index (χ3n) is 5.67. The van der Waals surface area contributed by atoms with Gasteiger partial charge in [-0.15, -0.1) is 11.3 Å². The molecule has 0 N–H and O–H groups in total. The van der Waals surface area contributed by atoms with Crippen LogP contribution in [0, 0.1) is 12.8 Å². The standard InChI is InChI=1S/C24H32N2O4S/c1-6-18(5)26(24(28)16(2)3)14-23(27)25(13-22-17(4)9-10-31-22)12-19-7-8-20-21(11-19)30-15-29-20/h7-11,16,18H,6,12-15H2,1-5H3. The van der Waals surface area contributed by atoms with Crippen molar-refractivity contribution in [1.82, 2.24) is 9.80 Å². The molecule has 0 fully saturated rings. The Kier molecular flexibility index (Phi) is 7.59. The number of carbonyl (C=O) groups is 2. The summed E-state index contributed by atoms with van der Waals surface area (Å²) in [6.45, 7) is 11.1. The minimum Gasteiger partial charge on any atom is -0.454 e. The van der Waals surface area contributed by atoms with Crippen molar-refractivity contribution < 1.29 is 19.1 Å². The normalized spacial score (nSPS) is 13.4. The molecule has 1 unspecified atom stereocenters. The van der Waals surface area contributed by atoms with Crippen LogP contribution in [-0.2, 0) is 22.7 Å². The highest BCUT2D eigenvalue weighted by Gasteiger charge is 2.27. The van der Waals surface area contributed by atoms with E-state index >= 15 is 0 Å². The van der Waals surface area contributed by atoms with Crippen LogP contribution in [0.2, 0.25) is 0 Å². The van der Waals surface area contributed by atoms with Gasteiger partial charge in [0.05, 0.1) is 6.54 Å². The van der Waals surface area contributed by atoms with E-state index in [0.29, 0.717) is 18.8 Å². The van der Waals surface area contributed by atoms with E-state index in [1.165, 1.54) is 5.56 Å². The molecule has 2 aromatic rings. The van der Waals surface area contributed by atoms with Gasteiger partial charge in [0, 0.05) is 23.4 Å². The lowest BCUT2D eigenvalue weighted by atomic mass is 10.1. The Morgan fingerprint density at radius 3 is 2.48 bits per heavy atom. The van der Waals surface area contributed by atoms with E-state index < -0.39 is 0 Å². The second-order valence-electron chi connectivity index (χ2n) is 8.34. The molecule has 3 rings (SSSR count). The summed E-state index contributed by atoms with van der Waals surface area (Å²) < 4.78 is 10.9. The summed E-state index contributed by atoms with van der Waals surface area (Å²) in [5.41, 5.74) is 2.14. The lowest BCUT2D eigenvalue weighted by molar-refractivity contribution is -0.144. The van der Waals surface area contributed by atoms with Crippen LogP contribution in [0.4, 0.5) is 0 Å². The molecule has 1 aromatic heterocycles. The van der Waals surface area contributed by atoms with Crippen molar-refractivity contribution in [3.05, 3.63) is 45.6 Å². The molecule has 1 atom stereocenters. The van der Waals surface area contributed by atoms with Crippen LogP contribution < -0.4 is 9.47 Å². The van der Waals surface area contributed by atoms with Gasteiger partial charge in [0.25, 0.3) is 0 Å². The average molecular weight is 445 g/mol. The Hall–Kier alpha value is -2.54. The van der Waals surface area contributed by atoms with E-state index in [-0.39, 0.29) is 37.1 Å². The van der Waals surface area contributed by atoms with E-state index in [9.17, 15) is 9.59 Å². The maximum atomic E-state index is 13.5. The molecule has 0 aliphatic carbocycles. The maximum absolute atomic E-state index is 13.5. The highest BCUT2D eigenvalue weighted by Crippen LogP contribution is 2.33. The van der Waals surface area contributed by atoms with Gasteiger partial charge in [-0.05, 0) is 55.0 Å². The molecule has 2 amide bonds. The molecule has 6 nitrogen and oxygen atoms in total. The minimum atomic E-state index is -0.149. The smallest absolute Gasteiger partial charge is 0.242 e. The fraction of sp³-hybridized carbons (Fsp3) is 0.500. The second-order valence-corrected chi connectivity index (χ2v) is 9.34. The number of benzene rings is 1. The van der Waals surface area contributed by atoms with Crippen molar-refractivity contribution in [2.75, 3.05) is 13.3 Å². The van der Waals surface area contributed by atoms with Gasteiger partial charge in [0.1, 0.15) is 6.54 Å². The zero-order chi connectivity index (χ0) is 22.5. The Morgan fingerprint density at radius 2 is 1.84 bits per heavy atom. The molecule has 0 spiro atoms. The Balaban J connectivity index is 1.83. The summed E-state index contributed by atoms with van der Waals surface area (Å²) in [6.07, 6.45) is 0.804. The molecule has 0 bridgehead atoms. The van der Waals surface area contributed by atoms with Gasteiger partial charge in [0.15, 0.2) is 11.5 Å². The van der Waals surface area contributed by atoms with E-state index in [2.05, 4.69) is 13.0 Å². The van der Waals surface area contributed by atoms with E-state index in [1.807, 2.05) is 56.2 Å². The van der Waals surface area contributed by atoms with Gasteiger partial charge in [-0.25, -0.2) is 0 Å². The lowest BCUT2D eigenvalue weighted by Crippen LogP contribution is -2.47. The minimum absolute atomic E-state index is 0.00900. The number of nitrogens with zero attached hydrogens (tertiary/aromatic N) is 2. The van der Waals surface area contributed by atoms with Crippen LogP contribution in [-0.4, -0.2) is 41.0 Å². The van der Waals surface area contributed by atoms with Crippen molar-refractivity contribution in [3.63, 3.8) is 0 Å². The molecule has 0 saturated heterocycles. The van der Waals surface area contributed by atoms with Gasteiger partial charge < -0.3 is 19.3 Å². The number of carbonyl (C=O) groups excluding carboxylic acids is 2. The van der Waals surface area contributed by atoms with E-state index in [1.54, 1.807) is 16.2 Å². The molecule has 2 heterocycles. The van der Waals surface area contributed by atoms with Crippen molar-refractivity contribution in [1.29, 1.82) is 0 Å². The van der Waals surface area contributed by atoms with Crippen LogP contribution in [0.3, 0.4) is 0 Å². The number of fused-ring (bicyclic) bond motifs is 1. The van der Waals surface area contributed by atoms with E-state index in [0.717, 1.165) is 22.6 Å².